The first-order valence-corrected chi connectivity index (χ1v) is 8.24. The maximum absolute atomic E-state index is 13.0. The van der Waals surface area contributed by atoms with E-state index >= 15 is 0 Å². The van der Waals surface area contributed by atoms with Gasteiger partial charge in [-0.25, -0.2) is 0 Å². The van der Waals surface area contributed by atoms with Gasteiger partial charge in [-0.1, -0.05) is 42.5 Å². The molecule has 2 heterocycles. The predicted octanol–water partition coefficient (Wildman–Crippen LogP) is 4.13. The molecule has 0 aliphatic carbocycles. The highest BCUT2D eigenvalue weighted by Gasteiger charge is 2.57. The number of methoxy groups -OCH3 is 1. The fraction of sp³-hybridized carbons (Fsp3) is 0.286. The van der Waals surface area contributed by atoms with Crippen LogP contribution in [0.2, 0.25) is 0 Å². The molecule has 1 saturated heterocycles. The summed E-state index contributed by atoms with van der Waals surface area (Å²) in [5.41, 5.74) is 1.45. The summed E-state index contributed by atoms with van der Waals surface area (Å²) < 4.78 is 11.7. The van der Waals surface area contributed by atoms with Crippen LogP contribution in [-0.4, -0.2) is 18.5 Å². The van der Waals surface area contributed by atoms with Gasteiger partial charge in [0.2, 0.25) is 0 Å². The van der Waals surface area contributed by atoms with E-state index < -0.39 is 11.2 Å². The van der Waals surface area contributed by atoms with Gasteiger partial charge in [0.25, 0.3) is 0 Å². The summed E-state index contributed by atoms with van der Waals surface area (Å²) in [7, 11) is 1.65. The molecule has 0 unspecified atom stereocenters. The van der Waals surface area contributed by atoms with Crippen molar-refractivity contribution in [3.05, 3.63) is 71.8 Å². The normalized spacial score (nSPS) is 28.6. The zero-order valence-corrected chi connectivity index (χ0v) is 13.9. The van der Waals surface area contributed by atoms with Gasteiger partial charge in [0.05, 0.1) is 12.7 Å². The number of carbonyl (C=O) groups excluding carboxylic acids is 1. The monoisotopic (exact) mass is 320 g/mol. The number of hydrogen-bond donors (Lipinski definition) is 0. The van der Waals surface area contributed by atoms with E-state index in [1.807, 2.05) is 54.6 Å². The summed E-state index contributed by atoms with van der Waals surface area (Å²) in [6, 6.07) is 17.7. The van der Waals surface area contributed by atoms with E-state index in [9.17, 15) is 4.79 Å². The van der Waals surface area contributed by atoms with Gasteiger partial charge in [-0.2, -0.15) is 0 Å². The standard InChI is InChI=1S/C21H20O3/c1-20-13-12-19(22)21(24-20,16-6-4-3-5-7-16)18(14-20)15-8-10-17(23-2)11-9-15/h3-11,14H,12-13H2,1-2H3/t20-,21-/m1/s1. The van der Waals surface area contributed by atoms with Gasteiger partial charge in [0, 0.05) is 12.0 Å². The number of Topliss-reactive ketones (excluding diaryl/α,β-unsaturated/α-hetero) is 1. The maximum Gasteiger partial charge on any atom is 0.178 e. The molecule has 0 radical (unpaired) electrons. The number of ketones is 1. The zero-order valence-electron chi connectivity index (χ0n) is 13.9. The number of fused-ring (bicyclic) bond motifs is 2. The molecular weight excluding hydrogens is 300 g/mol. The number of benzene rings is 2. The van der Waals surface area contributed by atoms with Gasteiger partial charge < -0.3 is 9.47 Å². The Balaban J connectivity index is 1.90. The number of rotatable bonds is 3. The second-order valence-electron chi connectivity index (χ2n) is 6.67. The summed E-state index contributed by atoms with van der Waals surface area (Å²) in [5.74, 6) is 0.929. The van der Waals surface area contributed by atoms with Crippen molar-refractivity contribution in [2.75, 3.05) is 7.11 Å². The quantitative estimate of drug-likeness (QED) is 0.853. The van der Waals surface area contributed by atoms with Crippen molar-refractivity contribution in [2.24, 2.45) is 0 Å². The minimum Gasteiger partial charge on any atom is -0.497 e. The summed E-state index contributed by atoms with van der Waals surface area (Å²) in [6.45, 7) is 2.06. The lowest BCUT2D eigenvalue weighted by atomic mass is 9.79. The molecule has 0 aromatic heterocycles. The van der Waals surface area contributed by atoms with Crippen molar-refractivity contribution >= 4 is 11.4 Å². The summed E-state index contributed by atoms with van der Waals surface area (Å²) in [5, 5.41) is 0. The van der Waals surface area contributed by atoms with Crippen LogP contribution in [0.1, 0.15) is 30.9 Å². The summed E-state index contributed by atoms with van der Waals surface area (Å²) >= 11 is 0. The highest BCUT2D eigenvalue weighted by Crippen LogP contribution is 2.54. The Hall–Kier alpha value is -2.39. The molecule has 2 aliphatic heterocycles. The maximum atomic E-state index is 13.0. The predicted molar refractivity (Wildman–Crippen MR) is 92.8 cm³/mol. The van der Waals surface area contributed by atoms with Crippen LogP contribution in [0.4, 0.5) is 0 Å². The van der Waals surface area contributed by atoms with Crippen LogP contribution in [-0.2, 0) is 15.1 Å². The van der Waals surface area contributed by atoms with Gasteiger partial charge in [0.15, 0.2) is 11.4 Å². The van der Waals surface area contributed by atoms with Gasteiger partial charge in [0.1, 0.15) is 5.75 Å². The Morgan fingerprint density at radius 1 is 1.04 bits per heavy atom. The third kappa shape index (κ3) is 2.12. The first kappa shape index (κ1) is 15.2. The van der Waals surface area contributed by atoms with Crippen molar-refractivity contribution < 1.29 is 14.3 Å². The molecule has 0 saturated carbocycles. The summed E-state index contributed by atoms with van der Waals surface area (Å²) in [6.07, 6.45) is 3.38. The second kappa shape index (κ2) is 5.32. The zero-order chi connectivity index (χ0) is 16.8. The fourth-order valence-electron chi connectivity index (χ4n) is 3.81. The topological polar surface area (TPSA) is 35.5 Å². The first-order chi connectivity index (χ1) is 11.6. The van der Waals surface area contributed by atoms with E-state index in [4.69, 9.17) is 9.47 Å². The highest BCUT2D eigenvalue weighted by atomic mass is 16.5. The van der Waals surface area contributed by atoms with Crippen molar-refractivity contribution in [3.8, 4) is 5.75 Å². The van der Waals surface area contributed by atoms with Crippen molar-refractivity contribution in [3.63, 3.8) is 0 Å². The first-order valence-electron chi connectivity index (χ1n) is 8.24. The van der Waals surface area contributed by atoms with E-state index in [2.05, 4.69) is 13.0 Å². The number of carbonyl (C=O) groups is 1. The van der Waals surface area contributed by atoms with Crippen LogP contribution >= 0.6 is 0 Å². The van der Waals surface area contributed by atoms with E-state index in [0.29, 0.717) is 6.42 Å². The minimum atomic E-state index is -0.997. The number of ether oxygens (including phenoxy) is 2. The molecule has 3 heteroatoms. The Morgan fingerprint density at radius 2 is 1.75 bits per heavy atom. The lowest BCUT2D eigenvalue weighted by Gasteiger charge is -2.39. The highest BCUT2D eigenvalue weighted by molar-refractivity contribution is 6.04. The second-order valence-corrected chi connectivity index (χ2v) is 6.67. The molecule has 2 atom stereocenters. The van der Waals surface area contributed by atoms with Crippen LogP contribution in [0.3, 0.4) is 0 Å². The fourth-order valence-corrected chi connectivity index (χ4v) is 3.81. The molecule has 122 valence electrons. The van der Waals surface area contributed by atoms with Crippen LogP contribution < -0.4 is 4.74 Å². The molecule has 1 fully saturated rings. The third-order valence-corrected chi connectivity index (χ3v) is 5.04. The third-order valence-electron chi connectivity index (χ3n) is 5.04. The molecule has 24 heavy (non-hydrogen) atoms. The van der Waals surface area contributed by atoms with Crippen molar-refractivity contribution in [1.82, 2.24) is 0 Å². The molecule has 2 aromatic carbocycles. The van der Waals surface area contributed by atoms with Gasteiger partial charge in [-0.05, 0) is 42.7 Å². The minimum absolute atomic E-state index is 0.130. The van der Waals surface area contributed by atoms with E-state index in [0.717, 1.165) is 28.9 Å². The largest absolute Gasteiger partial charge is 0.497 e. The van der Waals surface area contributed by atoms with E-state index in [1.165, 1.54) is 0 Å². The molecule has 2 aliphatic rings. The SMILES string of the molecule is COc1ccc(C2=C[C@@]3(C)CCC(=O)[C@]2(c2ccccc2)O3)cc1. The molecule has 0 amide bonds. The Bertz CT molecular complexity index is 807. The van der Waals surface area contributed by atoms with E-state index in [1.54, 1.807) is 7.11 Å². The molecule has 2 bridgehead atoms. The Morgan fingerprint density at radius 3 is 2.42 bits per heavy atom. The van der Waals surface area contributed by atoms with Gasteiger partial charge >= 0.3 is 0 Å². The molecule has 3 nitrogen and oxygen atoms in total. The molecular formula is C21H20O3. The molecule has 2 aromatic rings. The smallest absolute Gasteiger partial charge is 0.178 e. The lowest BCUT2D eigenvalue weighted by Crippen LogP contribution is -2.45. The average Bonchev–Trinajstić information content (AvgIpc) is 2.90. The van der Waals surface area contributed by atoms with Crippen molar-refractivity contribution in [1.29, 1.82) is 0 Å². The van der Waals surface area contributed by atoms with Gasteiger partial charge in [-0.3, -0.25) is 4.79 Å². The van der Waals surface area contributed by atoms with Crippen LogP contribution in [0.15, 0.2) is 60.7 Å². The van der Waals surface area contributed by atoms with Crippen LogP contribution in [0.5, 0.6) is 5.75 Å². The molecule has 0 spiro atoms. The Kier molecular flexibility index (Phi) is 3.36. The van der Waals surface area contributed by atoms with Crippen molar-refractivity contribution in [2.45, 2.75) is 31.0 Å². The molecule has 0 N–H and O–H groups in total. The Labute approximate surface area is 141 Å². The average molecular weight is 320 g/mol. The van der Waals surface area contributed by atoms with Crippen LogP contribution in [0.25, 0.3) is 5.57 Å². The van der Waals surface area contributed by atoms with Crippen LogP contribution in [0, 0.1) is 0 Å². The molecule has 4 rings (SSSR count). The number of hydrogen-bond acceptors (Lipinski definition) is 3. The van der Waals surface area contributed by atoms with E-state index in [-0.39, 0.29) is 5.78 Å². The van der Waals surface area contributed by atoms with Gasteiger partial charge in [-0.15, -0.1) is 0 Å². The summed E-state index contributed by atoms with van der Waals surface area (Å²) in [4.78, 5) is 13.0. The lowest BCUT2D eigenvalue weighted by molar-refractivity contribution is -0.160.